The molecular weight excluding hydrogens is 392 g/mol. The number of benzene rings is 1. The third kappa shape index (κ3) is 3.30. The summed E-state index contributed by atoms with van der Waals surface area (Å²) in [6.07, 6.45) is 9.57. The smallest absolute Gasteiger partial charge is 0.239 e. The number of anilines is 1. The lowest BCUT2D eigenvalue weighted by Gasteiger charge is -2.44. The number of carbonyl (C=O) groups excluding carboxylic acids is 2. The molecule has 0 bridgehead atoms. The Hall–Kier alpha value is -1.36. The van der Waals surface area contributed by atoms with E-state index in [2.05, 4.69) is 15.9 Å². The SMILES string of the molecule is O=C(C1CCN(c2ccccc2Br)C1=O)N1CCC2(CCCCC2)CC1. The van der Waals surface area contributed by atoms with E-state index in [9.17, 15) is 9.59 Å². The first-order chi connectivity index (χ1) is 12.6. The van der Waals surface area contributed by atoms with Gasteiger partial charge in [0.1, 0.15) is 5.92 Å². The van der Waals surface area contributed by atoms with E-state index in [1.807, 2.05) is 29.2 Å². The van der Waals surface area contributed by atoms with Crippen LogP contribution in [0.2, 0.25) is 0 Å². The van der Waals surface area contributed by atoms with Crippen molar-refractivity contribution < 1.29 is 9.59 Å². The number of amides is 2. The summed E-state index contributed by atoms with van der Waals surface area (Å²) in [6, 6.07) is 7.73. The highest BCUT2D eigenvalue weighted by Crippen LogP contribution is 2.45. The number of likely N-dealkylation sites (tertiary alicyclic amines) is 1. The highest BCUT2D eigenvalue weighted by molar-refractivity contribution is 9.10. The maximum atomic E-state index is 13.0. The summed E-state index contributed by atoms with van der Waals surface area (Å²) in [5.41, 5.74) is 1.35. The lowest BCUT2D eigenvalue weighted by Crippen LogP contribution is -2.47. The molecule has 1 spiro atoms. The molecule has 0 aromatic heterocycles. The van der Waals surface area contributed by atoms with Gasteiger partial charge in [-0.25, -0.2) is 0 Å². The van der Waals surface area contributed by atoms with Crippen LogP contribution in [0.5, 0.6) is 0 Å². The Kier molecular flexibility index (Phi) is 5.09. The van der Waals surface area contributed by atoms with Crippen LogP contribution in [0.15, 0.2) is 28.7 Å². The van der Waals surface area contributed by atoms with Crippen LogP contribution in [-0.2, 0) is 9.59 Å². The molecule has 2 saturated heterocycles. The van der Waals surface area contributed by atoms with Crippen molar-refractivity contribution in [2.75, 3.05) is 24.5 Å². The Morgan fingerprint density at radius 1 is 1.00 bits per heavy atom. The van der Waals surface area contributed by atoms with Gasteiger partial charge < -0.3 is 9.80 Å². The molecule has 5 heteroatoms. The van der Waals surface area contributed by atoms with Gasteiger partial charge >= 0.3 is 0 Å². The molecule has 1 aromatic rings. The second kappa shape index (κ2) is 7.34. The molecule has 26 heavy (non-hydrogen) atoms. The van der Waals surface area contributed by atoms with E-state index in [1.54, 1.807) is 4.90 Å². The van der Waals surface area contributed by atoms with Crippen LogP contribution in [0.25, 0.3) is 0 Å². The van der Waals surface area contributed by atoms with Crippen molar-refractivity contribution in [3.8, 4) is 0 Å². The summed E-state index contributed by atoms with van der Waals surface area (Å²) in [6.45, 7) is 2.28. The molecule has 4 nitrogen and oxygen atoms in total. The quantitative estimate of drug-likeness (QED) is 0.668. The molecular formula is C21H27BrN2O2. The van der Waals surface area contributed by atoms with Crippen LogP contribution < -0.4 is 4.90 Å². The fourth-order valence-corrected chi connectivity index (χ4v) is 5.54. The largest absolute Gasteiger partial charge is 0.342 e. The maximum absolute atomic E-state index is 13.0. The van der Waals surface area contributed by atoms with Crippen molar-refractivity contribution >= 4 is 33.4 Å². The minimum atomic E-state index is -0.498. The lowest BCUT2D eigenvalue weighted by molar-refractivity contribution is -0.142. The number of hydrogen-bond donors (Lipinski definition) is 0. The first-order valence-electron chi connectivity index (χ1n) is 9.94. The Morgan fingerprint density at radius 3 is 2.38 bits per heavy atom. The zero-order valence-electron chi connectivity index (χ0n) is 15.3. The van der Waals surface area contributed by atoms with E-state index in [0.717, 1.165) is 36.1 Å². The molecule has 1 atom stereocenters. The molecule has 2 heterocycles. The van der Waals surface area contributed by atoms with Crippen molar-refractivity contribution in [1.82, 2.24) is 4.90 Å². The van der Waals surface area contributed by atoms with Crippen LogP contribution in [-0.4, -0.2) is 36.3 Å². The number of nitrogens with zero attached hydrogens (tertiary/aromatic N) is 2. The van der Waals surface area contributed by atoms with Gasteiger partial charge in [0, 0.05) is 24.1 Å². The Labute approximate surface area is 164 Å². The van der Waals surface area contributed by atoms with Gasteiger partial charge in [-0.2, -0.15) is 0 Å². The molecule has 140 valence electrons. The summed E-state index contributed by atoms with van der Waals surface area (Å²) in [4.78, 5) is 29.6. The molecule has 1 unspecified atom stereocenters. The van der Waals surface area contributed by atoms with Crippen molar-refractivity contribution in [3.05, 3.63) is 28.7 Å². The number of rotatable bonds is 2. The van der Waals surface area contributed by atoms with Gasteiger partial charge in [0.15, 0.2) is 0 Å². The van der Waals surface area contributed by atoms with Crippen molar-refractivity contribution in [3.63, 3.8) is 0 Å². The van der Waals surface area contributed by atoms with Crippen molar-refractivity contribution in [2.45, 2.75) is 51.4 Å². The summed E-state index contributed by atoms with van der Waals surface area (Å²) in [5.74, 6) is -0.488. The zero-order chi connectivity index (χ0) is 18.1. The molecule has 1 saturated carbocycles. The van der Waals surface area contributed by atoms with Crippen LogP contribution in [0.1, 0.15) is 51.4 Å². The fraction of sp³-hybridized carbons (Fsp3) is 0.619. The third-order valence-electron chi connectivity index (χ3n) is 6.70. The maximum Gasteiger partial charge on any atom is 0.239 e. The van der Waals surface area contributed by atoms with E-state index >= 15 is 0 Å². The highest BCUT2D eigenvalue weighted by Gasteiger charge is 2.43. The summed E-state index contributed by atoms with van der Waals surface area (Å²) in [7, 11) is 0. The first-order valence-corrected chi connectivity index (χ1v) is 10.7. The normalized spacial score (nSPS) is 25.7. The van der Waals surface area contributed by atoms with Crippen molar-refractivity contribution in [1.29, 1.82) is 0 Å². The molecule has 3 aliphatic rings. The number of hydrogen-bond acceptors (Lipinski definition) is 2. The van der Waals surface area contributed by atoms with E-state index in [4.69, 9.17) is 0 Å². The van der Waals surface area contributed by atoms with Crippen LogP contribution in [0, 0.1) is 11.3 Å². The average Bonchev–Trinajstić information content (AvgIpc) is 3.04. The molecule has 3 fully saturated rings. The minimum absolute atomic E-state index is 0.0418. The molecule has 1 aromatic carbocycles. The predicted molar refractivity (Wildman–Crippen MR) is 106 cm³/mol. The second-order valence-corrected chi connectivity index (χ2v) is 9.02. The average molecular weight is 419 g/mol. The molecule has 4 rings (SSSR count). The van der Waals surface area contributed by atoms with Crippen LogP contribution in [0.3, 0.4) is 0 Å². The monoisotopic (exact) mass is 418 g/mol. The number of para-hydroxylation sites is 1. The Bertz CT molecular complexity index is 689. The number of carbonyl (C=O) groups is 2. The van der Waals surface area contributed by atoms with Crippen LogP contribution >= 0.6 is 15.9 Å². The lowest BCUT2D eigenvalue weighted by atomic mass is 9.68. The van der Waals surface area contributed by atoms with Gasteiger partial charge in [0.05, 0.1) is 5.69 Å². The highest BCUT2D eigenvalue weighted by atomic mass is 79.9. The van der Waals surface area contributed by atoms with E-state index < -0.39 is 5.92 Å². The third-order valence-corrected chi connectivity index (χ3v) is 7.37. The van der Waals surface area contributed by atoms with E-state index in [1.165, 1.54) is 32.1 Å². The first kappa shape index (κ1) is 18.0. The topological polar surface area (TPSA) is 40.6 Å². The van der Waals surface area contributed by atoms with Gasteiger partial charge in [-0.3, -0.25) is 9.59 Å². The van der Waals surface area contributed by atoms with E-state index in [0.29, 0.717) is 18.4 Å². The molecule has 1 aliphatic carbocycles. The Morgan fingerprint density at radius 2 is 1.69 bits per heavy atom. The number of halogens is 1. The van der Waals surface area contributed by atoms with Gasteiger partial charge in [-0.05, 0) is 65.6 Å². The minimum Gasteiger partial charge on any atom is -0.342 e. The number of piperidine rings is 1. The zero-order valence-corrected chi connectivity index (χ0v) is 16.8. The summed E-state index contributed by atoms with van der Waals surface area (Å²) < 4.78 is 0.902. The van der Waals surface area contributed by atoms with E-state index in [-0.39, 0.29) is 11.8 Å². The van der Waals surface area contributed by atoms with Crippen LogP contribution in [0.4, 0.5) is 5.69 Å². The van der Waals surface area contributed by atoms with Crippen molar-refractivity contribution in [2.24, 2.45) is 11.3 Å². The van der Waals surface area contributed by atoms with Gasteiger partial charge in [0.2, 0.25) is 11.8 Å². The molecule has 0 N–H and O–H groups in total. The van der Waals surface area contributed by atoms with Gasteiger partial charge in [-0.1, -0.05) is 31.4 Å². The summed E-state index contributed by atoms with van der Waals surface area (Å²) >= 11 is 3.52. The standard InChI is InChI=1S/C21H27BrN2O2/c22-17-6-2-3-7-18(17)24-13-8-16(20(24)26)19(25)23-14-11-21(12-15-23)9-4-1-5-10-21/h2-3,6-7,16H,1,4-5,8-15H2. The Balaban J connectivity index is 1.40. The fourth-order valence-electron chi connectivity index (χ4n) is 5.04. The van der Waals surface area contributed by atoms with Gasteiger partial charge in [0.25, 0.3) is 0 Å². The molecule has 2 aliphatic heterocycles. The van der Waals surface area contributed by atoms with Gasteiger partial charge in [-0.15, -0.1) is 0 Å². The summed E-state index contributed by atoms with van der Waals surface area (Å²) in [5, 5.41) is 0. The molecule has 0 radical (unpaired) electrons. The molecule has 2 amide bonds. The predicted octanol–water partition coefficient (Wildman–Crippen LogP) is 4.37. The second-order valence-electron chi connectivity index (χ2n) is 8.17.